The molecule has 0 radical (unpaired) electrons. The van der Waals surface area contributed by atoms with Gasteiger partial charge in [-0.25, -0.2) is 8.42 Å². The second-order valence-electron chi connectivity index (χ2n) is 7.23. The fourth-order valence-electron chi connectivity index (χ4n) is 3.35. The molecule has 0 fully saturated rings. The van der Waals surface area contributed by atoms with Gasteiger partial charge in [0.1, 0.15) is 10.1 Å². The summed E-state index contributed by atoms with van der Waals surface area (Å²) in [6, 6.07) is 0. The van der Waals surface area contributed by atoms with E-state index in [0.29, 0.717) is 0 Å². The Kier molecular flexibility index (Phi) is 6.40. The Balaban J connectivity index is 4.63. The number of alkyl halides is 6. The van der Waals surface area contributed by atoms with Crippen LogP contribution in [0.15, 0.2) is 4.90 Å². The predicted molar refractivity (Wildman–Crippen MR) is 86.7 cm³/mol. The molecule has 156 valence electrons. The summed E-state index contributed by atoms with van der Waals surface area (Å²) in [5.41, 5.74) is -6.21. The molecule has 0 atom stereocenters. The van der Waals surface area contributed by atoms with E-state index in [1.165, 1.54) is 41.5 Å². The summed E-state index contributed by atoms with van der Waals surface area (Å²) in [5.74, 6) is -3.49. The van der Waals surface area contributed by atoms with Gasteiger partial charge in [-0.1, -0.05) is 41.5 Å². The Hall–Kier alpha value is -1.29. The summed E-state index contributed by atoms with van der Waals surface area (Å²) in [4.78, 5) is -1.41. The quantitative estimate of drug-likeness (QED) is 0.444. The van der Waals surface area contributed by atoms with Crippen LogP contribution >= 0.6 is 0 Å². The van der Waals surface area contributed by atoms with Crippen LogP contribution in [0.3, 0.4) is 0 Å². The molecule has 0 aliphatic carbocycles. The van der Waals surface area contributed by atoms with E-state index in [9.17, 15) is 39.3 Å². The Morgan fingerprint density at radius 1 is 0.667 bits per heavy atom. The van der Waals surface area contributed by atoms with Crippen LogP contribution in [0.5, 0.6) is 0 Å². The standard InChI is InChI=1S/C17H22F6O3S/c1-7(2)10-13(16(18,19)20)11(8(3)4)15(27(24,25)26)12(9(5)6)14(10)17(21,22)23/h7-9H,1-6H3,(H,24,25,26)/p-1. The van der Waals surface area contributed by atoms with Gasteiger partial charge < -0.3 is 4.55 Å². The molecule has 1 rings (SSSR count). The highest BCUT2D eigenvalue weighted by molar-refractivity contribution is 7.85. The van der Waals surface area contributed by atoms with E-state index in [1.54, 1.807) is 0 Å². The zero-order chi connectivity index (χ0) is 21.7. The minimum atomic E-state index is -5.61. The number of hydrogen-bond donors (Lipinski definition) is 0. The lowest BCUT2D eigenvalue weighted by atomic mass is 9.79. The summed E-state index contributed by atoms with van der Waals surface area (Å²) in [5, 5.41) is 0. The van der Waals surface area contributed by atoms with Crippen molar-refractivity contribution in [3.8, 4) is 0 Å². The van der Waals surface area contributed by atoms with Crippen molar-refractivity contribution >= 4 is 10.1 Å². The molecular weight excluding hydrogens is 398 g/mol. The zero-order valence-corrected chi connectivity index (χ0v) is 16.4. The highest BCUT2D eigenvalue weighted by Crippen LogP contribution is 2.51. The average molecular weight is 419 g/mol. The lowest BCUT2D eigenvalue weighted by Gasteiger charge is -2.33. The van der Waals surface area contributed by atoms with Gasteiger partial charge in [0, 0.05) is 0 Å². The van der Waals surface area contributed by atoms with Crippen molar-refractivity contribution in [1.82, 2.24) is 0 Å². The first-order valence-corrected chi connectivity index (χ1v) is 9.58. The monoisotopic (exact) mass is 419 g/mol. The van der Waals surface area contributed by atoms with Gasteiger partial charge in [-0.15, -0.1) is 0 Å². The molecule has 0 aliphatic heterocycles. The minimum absolute atomic E-state index is 0.905. The molecule has 10 heteroatoms. The third-order valence-corrected chi connectivity index (χ3v) is 5.06. The van der Waals surface area contributed by atoms with Crippen LogP contribution in [0.25, 0.3) is 0 Å². The number of hydrogen-bond acceptors (Lipinski definition) is 3. The predicted octanol–water partition coefficient (Wildman–Crippen LogP) is 6.00. The molecule has 1 aromatic rings. The smallest absolute Gasteiger partial charge is 0.417 e. The maximum atomic E-state index is 13.8. The van der Waals surface area contributed by atoms with Crippen LogP contribution in [0.4, 0.5) is 26.3 Å². The molecule has 0 spiro atoms. The van der Waals surface area contributed by atoms with Crippen molar-refractivity contribution in [3.63, 3.8) is 0 Å². The van der Waals surface area contributed by atoms with E-state index in [1.807, 2.05) is 0 Å². The summed E-state index contributed by atoms with van der Waals surface area (Å²) in [6.07, 6.45) is -10.5. The highest BCUT2D eigenvalue weighted by Gasteiger charge is 2.48. The zero-order valence-electron chi connectivity index (χ0n) is 15.6. The van der Waals surface area contributed by atoms with Gasteiger partial charge in [-0.3, -0.25) is 0 Å². The SMILES string of the molecule is CC(C)c1c(C(F)(F)F)c(C(C)C)c(S(=O)(=O)[O-])c(C(C)C)c1C(F)(F)F. The molecule has 0 aromatic heterocycles. The highest BCUT2D eigenvalue weighted by atomic mass is 32.2. The van der Waals surface area contributed by atoms with E-state index in [0.717, 1.165) is 0 Å². The van der Waals surface area contributed by atoms with E-state index in [-0.39, 0.29) is 0 Å². The van der Waals surface area contributed by atoms with Gasteiger partial charge in [0.2, 0.25) is 0 Å². The molecule has 0 bridgehead atoms. The molecule has 27 heavy (non-hydrogen) atoms. The largest absolute Gasteiger partial charge is 0.744 e. The molecule has 3 nitrogen and oxygen atoms in total. The summed E-state index contributed by atoms with van der Waals surface area (Å²) < 4.78 is 119. The first-order valence-electron chi connectivity index (χ1n) is 8.17. The number of benzene rings is 1. The molecule has 0 saturated carbocycles. The topological polar surface area (TPSA) is 57.2 Å². The van der Waals surface area contributed by atoms with Gasteiger partial charge in [-0.05, 0) is 34.4 Å². The molecule has 0 saturated heterocycles. The molecule has 0 heterocycles. The summed E-state index contributed by atoms with van der Waals surface area (Å²) >= 11 is 0. The Morgan fingerprint density at radius 2 is 0.926 bits per heavy atom. The first-order chi connectivity index (χ1) is 11.8. The number of rotatable bonds is 4. The fraction of sp³-hybridized carbons (Fsp3) is 0.647. The lowest BCUT2D eigenvalue weighted by Crippen LogP contribution is -2.27. The minimum Gasteiger partial charge on any atom is -0.744 e. The lowest BCUT2D eigenvalue weighted by molar-refractivity contribution is -0.145. The maximum absolute atomic E-state index is 13.8. The van der Waals surface area contributed by atoms with Crippen molar-refractivity contribution in [1.29, 1.82) is 0 Å². The van der Waals surface area contributed by atoms with Gasteiger partial charge >= 0.3 is 12.4 Å². The van der Waals surface area contributed by atoms with Crippen LogP contribution in [0.2, 0.25) is 0 Å². The average Bonchev–Trinajstić information content (AvgIpc) is 2.40. The Morgan fingerprint density at radius 3 is 1.07 bits per heavy atom. The van der Waals surface area contributed by atoms with Crippen LogP contribution < -0.4 is 0 Å². The van der Waals surface area contributed by atoms with Gasteiger partial charge in [0.15, 0.2) is 0 Å². The van der Waals surface area contributed by atoms with Crippen molar-refractivity contribution in [3.05, 3.63) is 27.8 Å². The van der Waals surface area contributed by atoms with Gasteiger partial charge in [-0.2, -0.15) is 26.3 Å². The van der Waals surface area contributed by atoms with Gasteiger partial charge in [0.25, 0.3) is 0 Å². The molecular formula is C17H21F6O3S-. The third-order valence-electron chi connectivity index (χ3n) is 4.12. The van der Waals surface area contributed by atoms with Crippen molar-refractivity contribution in [2.45, 2.75) is 76.5 Å². The maximum Gasteiger partial charge on any atom is 0.417 e. The molecule has 0 unspecified atom stereocenters. The van der Waals surface area contributed by atoms with Crippen molar-refractivity contribution in [2.75, 3.05) is 0 Å². The van der Waals surface area contributed by atoms with Crippen molar-refractivity contribution in [2.24, 2.45) is 0 Å². The van der Waals surface area contributed by atoms with Crippen LogP contribution in [-0.2, 0) is 22.5 Å². The molecule has 0 N–H and O–H groups in total. The van der Waals surface area contributed by atoms with Crippen LogP contribution in [0, 0.1) is 0 Å². The van der Waals surface area contributed by atoms with E-state index < -0.39 is 72.9 Å². The van der Waals surface area contributed by atoms with E-state index in [4.69, 9.17) is 0 Å². The second-order valence-corrected chi connectivity index (χ2v) is 8.55. The van der Waals surface area contributed by atoms with Crippen molar-refractivity contribution < 1.29 is 39.3 Å². The summed E-state index contributed by atoms with van der Waals surface area (Å²) in [6.45, 7) is 7.17. The fourth-order valence-corrected chi connectivity index (χ4v) is 4.56. The van der Waals surface area contributed by atoms with Gasteiger partial charge in [0.05, 0.1) is 16.0 Å². The summed E-state index contributed by atoms with van der Waals surface area (Å²) in [7, 11) is -5.61. The molecule has 1 aromatic carbocycles. The molecule has 0 amide bonds. The normalized spacial score (nSPS) is 13.9. The van der Waals surface area contributed by atoms with E-state index in [2.05, 4.69) is 0 Å². The number of halogens is 6. The Bertz CT molecular complexity index is 772. The van der Waals surface area contributed by atoms with Crippen LogP contribution in [0.1, 0.15) is 87.1 Å². The second kappa shape index (κ2) is 7.27. The molecule has 0 aliphatic rings. The third kappa shape index (κ3) is 4.59. The first kappa shape index (κ1) is 23.7. The van der Waals surface area contributed by atoms with E-state index >= 15 is 0 Å². The van der Waals surface area contributed by atoms with Crippen LogP contribution in [-0.4, -0.2) is 13.0 Å². The Labute approximate surface area is 154 Å².